The van der Waals surface area contributed by atoms with Gasteiger partial charge in [-0.2, -0.15) is 0 Å². The maximum absolute atomic E-state index is 13.0. The lowest BCUT2D eigenvalue weighted by atomic mass is 9.67. The Hall–Kier alpha value is -1.46. The van der Waals surface area contributed by atoms with Gasteiger partial charge < -0.3 is 20.1 Å². The van der Waals surface area contributed by atoms with Crippen LogP contribution in [0.1, 0.15) is 38.2 Å². The van der Waals surface area contributed by atoms with Crippen LogP contribution >= 0.6 is 12.4 Å². The Morgan fingerprint density at radius 3 is 2.81 bits per heavy atom. The van der Waals surface area contributed by atoms with Crippen molar-refractivity contribution in [3.63, 3.8) is 0 Å². The number of rotatable bonds is 6. The summed E-state index contributed by atoms with van der Waals surface area (Å²) < 4.78 is 10.7. The van der Waals surface area contributed by atoms with Gasteiger partial charge in [0.25, 0.3) is 0 Å². The van der Waals surface area contributed by atoms with Crippen LogP contribution in [-0.2, 0) is 11.2 Å². The zero-order valence-corrected chi connectivity index (χ0v) is 16.8. The second kappa shape index (κ2) is 8.96. The zero-order chi connectivity index (χ0) is 17.9. The Morgan fingerprint density at radius 1 is 1.31 bits per heavy atom. The fourth-order valence-corrected chi connectivity index (χ4v) is 4.47. The van der Waals surface area contributed by atoms with Crippen LogP contribution < -0.4 is 20.1 Å². The minimum atomic E-state index is -0.190. The molecule has 3 rings (SSSR count). The van der Waals surface area contributed by atoms with Gasteiger partial charge in [-0.3, -0.25) is 4.79 Å². The number of halogens is 1. The molecule has 1 aliphatic carbocycles. The molecule has 3 atom stereocenters. The quantitative estimate of drug-likeness (QED) is 0.794. The number of hydrogen-bond acceptors (Lipinski definition) is 4. The van der Waals surface area contributed by atoms with E-state index in [1.54, 1.807) is 14.2 Å². The normalized spacial score (nSPS) is 25.6. The summed E-state index contributed by atoms with van der Waals surface area (Å²) >= 11 is 0. The number of fused-ring (bicyclic) bond motifs is 1. The molecule has 2 fully saturated rings. The van der Waals surface area contributed by atoms with Crippen molar-refractivity contribution in [3.05, 3.63) is 23.8 Å². The highest BCUT2D eigenvalue weighted by molar-refractivity contribution is 5.85. The fraction of sp³-hybridized carbons (Fsp3) is 0.650. The molecule has 0 aromatic heterocycles. The van der Waals surface area contributed by atoms with Crippen LogP contribution in [0, 0.1) is 11.3 Å². The fourth-order valence-electron chi connectivity index (χ4n) is 4.47. The molecule has 6 heteroatoms. The molecule has 2 aliphatic rings. The monoisotopic (exact) mass is 382 g/mol. The number of carbonyl (C=O) groups is 1. The highest BCUT2D eigenvalue weighted by Crippen LogP contribution is 2.44. The van der Waals surface area contributed by atoms with Crippen molar-refractivity contribution in [1.29, 1.82) is 0 Å². The summed E-state index contributed by atoms with van der Waals surface area (Å²) in [4.78, 5) is 13.0. The van der Waals surface area contributed by atoms with Crippen molar-refractivity contribution >= 4 is 18.3 Å². The summed E-state index contributed by atoms with van der Waals surface area (Å²) in [7, 11) is 3.28. The molecule has 26 heavy (non-hydrogen) atoms. The first-order valence-corrected chi connectivity index (χ1v) is 9.31. The highest BCUT2D eigenvalue weighted by atomic mass is 35.5. The molecule has 1 aliphatic heterocycles. The van der Waals surface area contributed by atoms with Crippen molar-refractivity contribution in [1.82, 2.24) is 10.6 Å². The second-order valence-electron chi connectivity index (χ2n) is 7.50. The standard InChI is InChI=1S/C20H30N2O3.ClH/c1-14(10-15-7-8-17(24-2)18(11-15)25-3)22-19(23)20-9-5-4-6-16(20)12-21-13-20;/h7-8,11,14,16,21H,4-6,9-10,12-13H2,1-3H3,(H,22,23);1H/t14?,16-,20+;/m0./s1. The van der Waals surface area contributed by atoms with E-state index in [1.165, 1.54) is 12.8 Å². The SMILES string of the molecule is COc1ccc(CC(C)NC(=O)[C@@]23CCCC[C@H]2CNC3)cc1OC.Cl. The molecule has 1 unspecified atom stereocenters. The van der Waals surface area contributed by atoms with Crippen LogP contribution in [0.2, 0.25) is 0 Å². The average Bonchev–Trinajstić information content (AvgIpc) is 3.06. The first-order chi connectivity index (χ1) is 12.1. The minimum Gasteiger partial charge on any atom is -0.493 e. The molecule has 1 amide bonds. The van der Waals surface area contributed by atoms with Crippen LogP contribution in [0.25, 0.3) is 0 Å². The van der Waals surface area contributed by atoms with Gasteiger partial charge in [-0.25, -0.2) is 0 Å². The van der Waals surface area contributed by atoms with Gasteiger partial charge >= 0.3 is 0 Å². The third-order valence-electron chi connectivity index (χ3n) is 5.86. The van der Waals surface area contributed by atoms with Gasteiger partial charge in [0, 0.05) is 12.6 Å². The van der Waals surface area contributed by atoms with E-state index >= 15 is 0 Å². The van der Waals surface area contributed by atoms with Crippen molar-refractivity contribution in [2.45, 2.75) is 45.1 Å². The van der Waals surface area contributed by atoms with Crippen LogP contribution in [0.5, 0.6) is 11.5 Å². The highest BCUT2D eigenvalue weighted by Gasteiger charge is 2.49. The maximum atomic E-state index is 13.0. The second-order valence-corrected chi connectivity index (χ2v) is 7.50. The molecular formula is C20H31ClN2O3. The lowest BCUT2D eigenvalue weighted by Crippen LogP contribution is -2.50. The van der Waals surface area contributed by atoms with Crippen molar-refractivity contribution < 1.29 is 14.3 Å². The van der Waals surface area contributed by atoms with Crippen molar-refractivity contribution in [2.24, 2.45) is 11.3 Å². The minimum absolute atomic E-state index is 0. The van der Waals surface area contributed by atoms with Crippen molar-refractivity contribution in [3.8, 4) is 11.5 Å². The number of benzene rings is 1. The molecule has 1 aromatic carbocycles. The summed E-state index contributed by atoms with van der Waals surface area (Å²) in [5, 5.41) is 6.72. The lowest BCUT2D eigenvalue weighted by Gasteiger charge is -2.38. The summed E-state index contributed by atoms with van der Waals surface area (Å²) in [6.07, 6.45) is 5.38. The Labute approximate surface area is 162 Å². The van der Waals surface area contributed by atoms with Crippen LogP contribution in [0.4, 0.5) is 0 Å². The molecular weight excluding hydrogens is 352 g/mol. The predicted octanol–water partition coefficient (Wildman–Crippen LogP) is 2.95. The molecule has 146 valence electrons. The Morgan fingerprint density at radius 2 is 2.08 bits per heavy atom. The summed E-state index contributed by atoms with van der Waals surface area (Å²) in [6, 6.07) is 6.02. The number of carbonyl (C=O) groups excluding carboxylic acids is 1. The molecule has 1 heterocycles. The molecule has 0 bridgehead atoms. The van der Waals surface area contributed by atoms with E-state index in [0.29, 0.717) is 5.92 Å². The number of ether oxygens (including phenoxy) is 2. The van der Waals surface area contributed by atoms with Crippen molar-refractivity contribution in [2.75, 3.05) is 27.3 Å². The van der Waals surface area contributed by atoms with Gasteiger partial charge in [0.1, 0.15) is 0 Å². The van der Waals surface area contributed by atoms with Gasteiger partial charge in [0.05, 0.1) is 19.6 Å². The molecule has 1 saturated heterocycles. The third-order valence-corrected chi connectivity index (χ3v) is 5.86. The summed E-state index contributed by atoms with van der Waals surface area (Å²) in [6.45, 7) is 3.88. The zero-order valence-electron chi connectivity index (χ0n) is 16.0. The molecule has 1 aromatic rings. The van der Waals surface area contributed by atoms with Gasteiger partial charge in [-0.15, -0.1) is 12.4 Å². The van der Waals surface area contributed by atoms with Gasteiger partial charge in [-0.05, 0) is 56.3 Å². The van der Waals surface area contributed by atoms with Gasteiger partial charge in [-0.1, -0.05) is 18.9 Å². The summed E-state index contributed by atoms with van der Waals surface area (Å²) in [5.74, 6) is 2.18. The van der Waals surface area contributed by atoms with E-state index in [1.807, 2.05) is 18.2 Å². The Balaban J connectivity index is 0.00000243. The maximum Gasteiger partial charge on any atom is 0.228 e. The van der Waals surface area contributed by atoms with E-state index in [-0.39, 0.29) is 29.8 Å². The van der Waals surface area contributed by atoms with E-state index in [0.717, 1.165) is 49.4 Å². The first kappa shape index (κ1) is 20.8. The smallest absolute Gasteiger partial charge is 0.228 e. The average molecular weight is 383 g/mol. The first-order valence-electron chi connectivity index (χ1n) is 9.31. The molecule has 5 nitrogen and oxygen atoms in total. The number of hydrogen-bond donors (Lipinski definition) is 2. The lowest BCUT2D eigenvalue weighted by molar-refractivity contribution is -0.134. The van der Waals surface area contributed by atoms with Crippen LogP contribution in [0.3, 0.4) is 0 Å². The van der Waals surface area contributed by atoms with Gasteiger partial charge in [0.2, 0.25) is 5.91 Å². The molecule has 1 saturated carbocycles. The van der Waals surface area contributed by atoms with E-state index in [4.69, 9.17) is 9.47 Å². The Bertz CT molecular complexity index is 625. The van der Waals surface area contributed by atoms with Crippen LogP contribution in [-0.4, -0.2) is 39.3 Å². The topological polar surface area (TPSA) is 59.6 Å². The number of methoxy groups -OCH3 is 2. The third kappa shape index (κ3) is 4.09. The number of amides is 1. The van der Waals surface area contributed by atoms with Crippen LogP contribution in [0.15, 0.2) is 18.2 Å². The van der Waals surface area contributed by atoms with E-state index in [9.17, 15) is 4.79 Å². The summed E-state index contributed by atoms with van der Waals surface area (Å²) in [5.41, 5.74) is 0.942. The van der Waals surface area contributed by atoms with E-state index in [2.05, 4.69) is 17.6 Å². The largest absolute Gasteiger partial charge is 0.493 e. The molecule has 2 N–H and O–H groups in total. The predicted molar refractivity (Wildman–Crippen MR) is 105 cm³/mol. The number of nitrogens with one attached hydrogen (secondary N) is 2. The Kier molecular flexibility index (Phi) is 7.18. The van der Waals surface area contributed by atoms with E-state index < -0.39 is 0 Å². The van der Waals surface area contributed by atoms with Gasteiger partial charge in [0.15, 0.2) is 11.5 Å². The molecule has 0 spiro atoms. The molecule has 0 radical (unpaired) electrons.